The summed E-state index contributed by atoms with van der Waals surface area (Å²) in [5.74, 6) is 1.24. The first-order valence-corrected chi connectivity index (χ1v) is 15.0. The zero-order chi connectivity index (χ0) is 21.7. The standard InChI is InChI=1S/C28H40P2/c1-17(2)29(18(3)4)25-13-9-11-22-21-15-16-24(27(22)25)28-23(21)12-10-14-26(28)30(19(5)6)20(7)8/h9-14,17-21,24H,15-16H2,1-8H3. The van der Waals surface area contributed by atoms with Crippen molar-refractivity contribution in [2.24, 2.45) is 0 Å². The summed E-state index contributed by atoms with van der Waals surface area (Å²) in [4.78, 5) is 0. The average molecular weight is 439 g/mol. The van der Waals surface area contributed by atoms with Gasteiger partial charge in [0.25, 0.3) is 0 Å². The van der Waals surface area contributed by atoms with Crippen LogP contribution in [0.4, 0.5) is 0 Å². The second kappa shape index (κ2) is 8.68. The van der Waals surface area contributed by atoms with Crippen LogP contribution in [0.25, 0.3) is 0 Å². The third-order valence-electron chi connectivity index (χ3n) is 7.21. The molecule has 0 N–H and O–H groups in total. The molecule has 5 rings (SSSR count). The lowest BCUT2D eigenvalue weighted by Gasteiger charge is -2.45. The number of benzene rings is 2. The van der Waals surface area contributed by atoms with E-state index in [1.54, 1.807) is 32.9 Å². The summed E-state index contributed by atoms with van der Waals surface area (Å²) >= 11 is 0. The predicted molar refractivity (Wildman–Crippen MR) is 139 cm³/mol. The van der Waals surface area contributed by atoms with Crippen molar-refractivity contribution in [3.05, 3.63) is 58.7 Å². The molecule has 3 aliphatic rings. The van der Waals surface area contributed by atoms with Gasteiger partial charge in [-0.2, -0.15) is 0 Å². The quantitative estimate of drug-likeness (QED) is 0.402. The molecule has 0 heterocycles. The molecule has 0 aromatic heterocycles. The Hall–Kier alpha value is -0.700. The smallest absolute Gasteiger partial charge is 0.0108 e. The van der Waals surface area contributed by atoms with Crippen LogP contribution in [-0.4, -0.2) is 22.6 Å². The van der Waals surface area contributed by atoms with E-state index in [1.165, 1.54) is 12.8 Å². The van der Waals surface area contributed by atoms with Gasteiger partial charge in [0, 0.05) is 11.8 Å². The fraction of sp³-hybridized carbons (Fsp3) is 0.571. The Labute approximate surface area is 187 Å². The molecule has 0 fully saturated rings. The van der Waals surface area contributed by atoms with Gasteiger partial charge < -0.3 is 0 Å². The normalized spacial score (nSPS) is 20.2. The highest BCUT2D eigenvalue weighted by atomic mass is 31.1. The number of fused-ring (bicyclic) bond motifs is 1. The van der Waals surface area contributed by atoms with Gasteiger partial charge in [0.2, 0.25) is 0 Å². The Morgan fingerprint density at radius 3 is 1.30 bits per heavy atom. The fourth-order valence-corrected chi connectivity index (χ4v) is 12.8. The molecule has 0 atom stereocenters. The van der Waals surface area contributed by atoms with E-state index in [-0.39, 0.29) is 15.8 Å². The van der Waals surface area contributed by atoms with Crippen molar-refractivity contribution in [2.45, 2.75) is 103 Å². The molecule has 2 aromatic carbocycles. The molecular formula is C28H40P2. The van der Waals surface area contributed by atoms with Gasteiger partial charge in [-0.1, -0.05) is 108 Å². The highest BCUT2D eigenvalue weighted by molar-refractivity contribution is 7.67. The van der Waals surface area contributed by atoms with E-state index in [2.05, 4.69) is 91.8 Å². The van der Waals surface area contributed by atoms with E-state index >= 15 is 0 Å². The lowest BCUT2D eigenvalue weighted by Crippen LogP contribution is -2.35. The van der Waals surface area contributed by atoms with Crippen molar-refractivity contribution in [3.8, 4) is 0 Å². The molecule has 162 valence electrons. The summed E-state index contributed by atoms with van der Waals surface area (Å²) in [5, 5.41) is 3.45. The Morgan fingerprint density at radius 2 is 0.933 bits per heavy atom. The number of rotatable bonds is 6. The number of hydrogen-bond donors (Lipinski definition) is 0. The van der Waals surface area contributed by atoms with Crippen LogP contribution in [0.15, 0.2) is 36.4 Å². The summed E-state index contributed by atoms with van der Waals surface area (Å²) in [7, 11) is -0.268. The maximum Gasteiger partial charge on any atom is 0.0108 e. The molecule has 0 saturated heterocycles. The molecule has 0 radical (unpaired) electrons. The van der Waals surface area contributed by atoms with E-state index in [0.717, 1.165) is 22.6 Å². The van der Waals surface area contributed by atoms with Crippen molar-refractivity contribution < 1.29 is 0 Å². The summed E-state index contributed by atoms with van der Waals surface area (Å²) in [6, 6.07) is 14.7. The summed E-state index contributed by atoms with van der Waals surface area (Å²) in [6.07, 6.45) is 2.68. The zero-order valence-electron chi connectivity index (χ0n) is 20.2. The maximum atomic E-state index is 2.50. The SMILES string of the molecule is CC(C)P(c1cccc2c1C1CCC2c2cccc(P(C(C)C)C(C)C)c21)C(C)C. The van der Waals surface area contributed by atoms with Crippen LogP contribution in [-0.2, 0) is 0 Å². The van der Waals surface area contributed by atoms with Gasteiger partial charge in [-0.05, 0) is 68.3 Å². The van der Waals surface area contributed by atoms with Gasteiger partial charge >= 0.3 is 0 Å². The van der Waals surface area contributed by atoms with E-state index in [1.807, 2.05) is 0 Å². The molecule has 0 aliphatic heterocycles. The minimum Gasteiger partial charge on any atom is -0.0697 e. The molecule has 0 amide bonds. The second-order valence-corrected chi connectivity index (χ2v) is 17.2. The first-order chi connectivity index (χ1) is 14.2. The van der Waals surface area contributed by atoms with Crippen molar-refractivity contribution in [3.63, 3.8) is 0 Å². The van der Waals surface area contributed by atoms with Gasteiger partial charge in [0.15, 0.2) is 0 Å². The molecule has 2 heteroatoms. The fourth-order valence-electron chi connectivity index (χ4n) is 6.51. The van der Waals surface area contributed by atoms with Crippen molar-refractivity contribution in [1.82, 2.24) is 0 Å². The van der Waals surface area contributed by atoms with Gasteiger partial charge in [0.1, 0.15) is 0 Å². The Bertz CT molecular complexity index is 821. The molecule has 0 nitrogen and oxygen atoms in total. The molecule has 2 aromatic rings. The van der Waals surface area contributed by atoms with Crippen LogP contribution in [0.5, 0.6) is 0 Å². The molecule has 0 saturated carbocycles. The topological polar surface area (TPSA) is 0 Å². The molecule has 30 heavy (non-hydrogen) atoms. The molecular weight excluding hydrogens is 398 g/mol. The molecule has 2 bridgehead atoms. The highest BCUT2D eigenvalue weighted by Gasteiger charge is 2.42. The highest BCUT2D eigenvalue weighted by Crippen LogP contribution is 2.58. The molecule has 3 aliphatic carbocycles. The predicted octanol–water partition coefficient (Wildman–Crippen LogP) is 7.91. The molecule has 0 unspecified atom stereocenters. The third-order valence-corrected chi connectivity index (χ3v) is 13.6. The minimum absolute atomic E-state index is 0.134. The van der Waals surface area contributed by atoms with Crippen LogP contribution >= 0.6 is 15.8 Å². The first-order valence-electron chi connectivity index (χ1n) is 12.1. The average Bonchev–Trinajstić information content (AvgIpc) is 2.67. The van der Waals surface area contributed by atoms with Crippen LogP contribution in [0, 0.1) is 0 Å². The zero-order valence-corrected chi connectivity index (χ0v) is 22.0. The van der Waals surface area contributed by atoms with Crippen molar-refractivity contribution in [1.29, 1.82) is 0 Å². The van der Waals surface area contributed by atoms with Gasteiger partial charge in [0.05, 0.1) is 0 Å². The first kappa shape index (κ1) is 22.5. The lowest BCUT2D eigenvalue weighted by atomic mass is 9.64. The van der Waals surface area contributed by atoms with Crippen LogP contribution in [0.2, 0.25) is 0 Å². The van der Waals surface area contributed by atoms with Crippen molar-refractivity contribution >= 4 is 26.5 Å². The Kier molecular flexibility index (Phi) is 6.51. The van der Waals surface area contributed by atoms with E-state index in [9.17, 15) is 0 Å². The van der Waals surface area contributed by atoms with E-state index < -0.39 is 0 Å². The van der Waals surface area contributed by atoms with Crippen molar-refractivity contribution in [2.75, 3.05) is 0 Å². The molecule has 0 spiro atoms. The van der Waals surface area contributed by atoms with Gasteiger partial charge in [-0.3, -0.25) is 0 Å². The van der Waals surface area contributed by atoms with Gasteiger partial charge in [-0.25, -0.2) is 0 Å². The Morgan fingerprint density at radius 1 is 0.567 bits per heavy atom. The van der Waals surface area contributed by atoms with E-state index in [4.69, 9.17) is 0 Å². The summed E-state index contributed by atoms with van der Waals surface area (Å²) in [6.45, 7) is 19.6. The minimum atomic E-state index is -0.134. The van der Waals surface area contributed by atoms with Crippen LogP contribution in [0.1, 0.15) is 102 Å². The van der Waals surface area contributed by atoms with Crippen LogP contribution in [0.3, 0.4) is 0 Å². The second-order valence-electron chi connectivity index (χ2n) is 10.4. The van der Waals surface area contributed by atoms with Crippen LogP contribution < -0.4 is 10.6 Å². The van der Waals surface area contributed by atoms with Gasteiger partial charge in [-0.15, -0.1) is 0 Å². The van der Waals surface area contributed by atoms with E-state index in [0.29, 0.717) is 11.8 Å². The largest absolute Gasteiger partial charge is 0.0697 e. The monoisotopic (exact) mass is 438 g/mol. The third kappa shape index (κ3) is 3.61. The maximum absolute atomic E-state index is 2.50. The summed E-state index contributed by atoms with van der Waals surface area (Å²) in [5.41, 5.74) is 9.81. The number of hydrogen-bond acceptors (Lipinski definition) is 0. The lowest BCUT2D eigenvalue weighted by molar-refractivity contribution is 0.524. The summed E-state index contributed by atoms with van der Waals surface area (Å²) < 4.78 is 0. The Balaban J connectivity index is 1.93.